The second-order valence-electron chi connectivity index (χ2n) is 5.34. The number of thiocarbonyl (C=S) groups is 1. The van der Waals surface area contributed by atoms with E-state index < -0.39 is 0 Å². The van der Waals surface area contributed by atoms with Crippen LogP contribution >= 0.6 is 23.8 Å². The predicted molar refractivity (Wildman–Crippen MR) is 91.8 cm³/mol. The van der Waals surface area contributed by atoms with E-state index in [1.54, 1.807) is 29.1 Å². The minimum Gasteiger partial charge on any atom is -0.362 e. The summed E-state index contributed by atoms with van der Waals surface area (Å²) in [5.41, 5.74) is 0.550. The smallest absolute Gasteiger partial charge is 0.173 e. The van der Waals surface area contributed by atoms with Crippen molar-refractivity contribution in [2.45, 2.75) is 20.4 Å². The van der Waals surface area contributed by atoms with Gasteiger partial charge in [-0.2, -0.15) is 5.10 Å². The van der Waals surface area contributed by atoms with Crippen LogP contribution in [-0.4, -0.2) is 21.4 Å². The average molecular weight is 341 g/mol. The normalized spacial score (nSPS) is 10.8. The van der Waals surface area contributed by atoms with Crippen molar-refractivity contribution in [3.8, 4) is 0 Å². The molecule has 0 radical (unpaired) electrons. The number of aromatic nitrogens is 2. The molecule has 4 nitrogen and oxygen atoms in total. The van der Waals surface area contributed by atoms with Gasteiger partial charge >= 0.3 is 0 Å². The molecular weight excluding hydrogens is 323 g/mol. The van der Waals surface area contributed by atoms with E-state index in [4.69, 9.17) is 23.8 Å². The molecule has 0 saturated carbocycles. The summed E-state index contributed by atoms with van der Waals surface area (Å²) in [5.74, 6) is 0.672. The van der Waals surface area contributed by atoms with Crippen LogP contribution in [0.25, 0.3) is 0 Å². The summed E-state index contributed by atoms with van der Waals surface area (Å²) in [6, 6.07) is 6.58. The van der Waals surface area contributed by atoms with Gasteiger partial charge in [-0.25, -0.2) is 4.39 Å². The Morgan fingerprint density at radius 1 is 1.41 bits per heavy atom. The molecule has 0 bridgehead atoms. The molecule has 2 aromatic rings. The van der Waals surface area contributed by atoms with Crippen molar-refractivity contribution in [2.75, 3.05) is 11.9 Å². The molecule has 22 heavy (non-hydrogen) atoms. The SMILES string of the molecule is CC(C)CNC(=S)Nc1nn(Cc2ccccc2F)cc1Cl. The fourth-order valence-corrected chi connectivity index (χ4v) is 2.19. The first-order chi connectivity index (χ1) is 10.5. The van der Waals surface area contributed by atoms with Crippen LogP contribution in [0.1, 0.15) is 19.4 Å². The van der Waals surface area contributed by atoms with Gasteiger partial charge in [0.1, 0.15) is 10.8 Å². The molecule has 0 spiro atoms. The lowest BCUT2D eigenvalue weighted by molar-refractivity contribution is 0.586. The highest BCUT2D eigenvalue weighted by atomic mass is 35.5. The van der Waals surface area contributed by atoms with Gasteiger partial charge in [0.2, 0.25) is 0 Å². The molecule has 7 heteroatoms. The first kappa shape index (κ1) is 16.7. The maximum absolute atomic E-state index is 13.6. The first-order valence-electron chi connectivity index (χ1n) is 6.97. The van der Waals surface area contributed by atoms with Crippen LogP contribution in [-0.2, 0) is 6.54 Å². The van der Waals surface area contributed by atoms with Crippen molar-refractivity contribution < 1.29 is 4.39 Å². The number of hydrogen-bond acceptors (Lipinski definition) is 2. The Bertz CT molecular complexity index is 657. The van der Waals surface area contributed by atoms with E-state index >= 15 is 0 Å². The first-order valence-corrected chi connectivity index (χ1v) is 7.75. The van der Waals surface area contributed by atoms with Crippen molar-refractivity contribution in [2.24, 2.45) is 5.92 Å². The molecular formula is C15H18ClFN4S. The average Bonchev–Trinajstić information content (AvgIpc) is 2.79. The molecule has 0 fully saturated rings. The van der Waals surface area contributed by atoms with Gasteiger partial charge in [0.25, 0.3) is 0 Å². The van der Waals surface area contributed by atoms with E-state index in [-0.39, 0.29) is 5.82 Å². The maximum atomic E-state index is 13.6. The van der Waals surface area contributed by atoms with Gasteiger partial charge in [-0.3, -0.25) is 4.68 Å². The zero-order chi connectivity index (χ0) is 16.1. The summed E-state index contributed by atoms with van der Waals surface area (Å²) in [6.45, 7) is 5.25. The Balaban J connectivity index is 2.02. The fourth-order valence-electron chi connectivity index (χ4n) is 1.81. The van der Waals surface area contributed by atoms with E-state index in [0.29, 0.717) is 34.0 Å². The van der Waals surface area contributed by atoms with Crippen LogP contribution in [0.5, 0.6) is 0 Å². The van der Waals surface area contributed by atoms with Crippen molar-refractivity contribution in [1.82, 2.24) is 15.1 Å². The van der Waals surface area contributed by atoms with E-state index in [9.17, 15) is 4.39 Å². The Labute approximate surface area is 139 Å². The predicted octanol–water partition coefficient (Wildman–Crippen LogP) is 3.67. The number of benzene rings is 1. The molecule has 2 rings (SSSR count). The number of halogens is 2. The van der Waals surface area contributed by atoms with Crippen LogP contribution in [0.3, 0.4) is 0 Å². The van der Waals surface area contributed by atoms with Gasteiger partial charge < -0.3 is 10.6 Å². The maximum Gasteiger partial charge on any atom is 0.173 e. The van der Waals surface area contributed by atoms with Crippen LogP contribution < -0.4 is 10.6 Å². The molecule has 2 N–H and O–H groups in total. The van der Waals surface area contributed by atoms with Gasteiger partial charge in [-0.1, -0.05) is 43.6 Å². The summed E-state index contributed by atoms with van der Waals surface area (Å²) in [7, 11) is 0. The number of nitrogens with zero attached hydrogens (tertiary/aromatic N) is 2. The highest BCUT2D eigenvalue weighted by Gasteiger charge is 2.10. The lowest BCUT2D eigenvalue weighted by Crippen LogP contribution is -2.31. The molecule has 1 heterocycles. The highest BCUT2D eigenvalue weighted by Crippen LogP contribution is 2.20. The molecule has 0 saturated heterocycles. The van der Waals surface area contributed by atoms with E-state index in [1.165, 1.54) is 6.07 Å². The van der Waals surface area contributed by atoms with Crippen molar-refractivity contribution in [1.29, 1.82) is 0 Å². The number of nitrogens with one attached hydrogen (secondary N) is 2. The Hall–Kier alpha value is -1.66. The summed E-state index contributed by atoms with van der Waals surface area (Å²) < 4.78 is 15.2. The summed E-state index contributed by atoms with van der Waals surface area (Å²) >= 11 is 11.3. The standard InChI is InChI=1S/C15H18ClFN4S/c1-10(2)7-18-15(22)19-14-12(16)9-21(20-14)8-11-5-3-4-6-13(11)17/h3-6,9-10H,7-8H2,1-2H3,(H2,18,19,20,22). The number of rotatable bonds is 5. The molecule has 0 aliphatic rings. The quantitative estimate of drug-likeness (QED) is 0.815. The van der Waals surface area contributed by atoms with E-state index in [1.807, 2.05) is 0 Å². The van der Waals surface area contributed by atoms with Gasteiger partial charge in [0.15, 0.2) is 10.9 Å². The second-order valence-corrected chi connectivity index (χ2v) is 6.16. The minimum atomic E-state index is -0.266. The van der Waals surface area contributed by atoms with Crippen molar-refractivity contribution in [3.63, 3.8) is 0 Å². The summed E-state index contributed by atoms with van der Waals surface area (Å²) in [5, 5.41) is 11.2. The third-order valence-corrected chi connectivity index (χ3v) is 3.43. The monoisotopic (exact) mass is 340 g/mol. The lowest BCUT2D eigenvalue weighted by atomic mass is 10.2. The topological polar surface area (TPSA) is 41.9 Å². The molecule has 1 aromatic heterocycles. The number of hydrogen-bond donors (Lipinski definition) is 2. The van der Waals surface area contributed by atoms with Crippen LogP contribution in [0.2, 0.25) is 5.02 Å². The van der Waals surface area contributed by atoms with Crippen molar-refractivity contribution in [3.05, 3.63) is 46.9 Å². The third-order valence-electron chi connectivity index (χ3n) is 2.91. The van der Waals surface area contributed by atoms with Gasteiger partial charge in [0.05, 0.1) is 6.54 Å². The van der Waals surface area contributed by atoms with Crippen LogP contribution in [0.4, 0.5) is 10.2 Å². The van der Waals surface area contributed by atoms with Gasteiger partial charge in [-0.05, 0) is 24.2 Å². The minimum absolute atomic E-state index is 0.266. The van der Waals surface area contributed by atoms with Gasteiger partial charge in [-0.15, -0.1) is 0 Å². The zero-order valence-corrected chi connectivity index (χ0v) is 14.0. The Kier molecular flexibility index (Phi) is 5.74. The highest BCUT2D eigenvalue weighted by molar-refractivity contribution is 7.80. The van der Waals surface area contributed by atoms with E-state index in [2.05, 4.69) is 29.6 Å². The zero-order valence-electron chi connectivity index (χ0n) is 12.4. The Morgan fingerprint density at radius 3 is 2.82 bits per heavy atom. The van der Waals surface area contributed by atoms with Gasteiger partial charge in [0, 0.05) is 18.3 Å². The molecule has 118 valence electrons. The summed E-state index contributed by atoms with van der Waals surface area (Å²) in [6.07, 6.45) is 1.64. The van der Waals surface area contributed by atoms with E-state index in [0.717, 1.165) is 6.54 Å². The summed E-state index contributed by atoms with van der Waals surface area (Å²) in [4.78, 5) is 0. The van der Waals surface area contributed by atoms with Crippen LogP contribution in [0, 0.1) is 11.7 Å². The Morgan fingerprint density at radius 2 is 2.14 bits per heavy atom. The molecule has 1 aromatic carbocycles. The fraction of sp³-hybridized carbons (Fsp3) is 0.333. The third kappa shape index (κ3) is 4.68. The second kappa shape index (κ2) is 7.56. The molecule has 0 aliphatic carbocycles. The molecule has 0 amide bonds. The molecule has 0 atom stereocenters. The number of anilines is 1. The lowest BCUT2D eigenvalue weighted by Gasteiger charge is -2.10. The largest absolute Gasteiger partial charge is 0.362 e. The molecule has 0 aliphatic heterocycles. The van der Waals surface area contributed by atoms with Crippen LogP contribution in [0.15, 0.2) is 30.5 Å². The molecule has 0 unspecified atom stereocenters. The van der Waals surface area contributed by atoms with Crippen molar-refractivity contribution >= 4 is 34.7 Å².